The van der Waals surface area contributed by atoms with Crippen LogP contribution in [0.15, 0.2) is 65.6 Å². The fraction of sp³-hybridized carbons (Fsp3) is 0.296. The van der Waals surface area contributed by atoms with E-state index in [0.717, 1.165) is 33.3 Å². The summed E-state index contributed by atoms with van der Waals surface area (Å²) in [6.45, 7) is 3.99. The number of hydrogen-bond donors (Lipinski definition) is 1. The Morgan fingerprint density at radius 2 is 1.76 bits per heavy atom. The van der Waals surface area contributed by atoms with Crippen LogP contribution in [0.3, 0.4) is 0 Å². The number of sulfonamides is 1. The first-order valence-electron chi connectivity index (χ1n) is 11.8. The Morgan fingerprint density at radius 3 is 2.41 bits per heavy atom. The molecule has 0 saturated carbocycles. The number of halogens is 1. The van der Waals surface area contributed by atoms with E-state index in [1.54, 1.807) is 7.11 Å². The van der Waals surface area contributed by atoms with Crippen molar-refractivity contribution in [3.63, 3.8) is 0 Å². The molecular weight excluding hydrogens is 499 g/mol. The van der Waals surface area contributed by atoms with Gasteiger partial charge in [-0.3, -0.25) is 9.10 Å². The zero-order chi connectivity index (χ0) is 26.6. The van der Waals surface area contributed by atoms with Crippen LogP contribution >= 0.6 is 0 Å². The molecule has 4 rings (SSSR count). The molecule has 1 aliphatic heterocycles. The molecule has 8 nitrogen and oxygen atoms in total. The summed E-state index contributed by atoms with van der Waals surface area (Å²) >= 11 is 0. The Morgan fingerprint density at radius 1 is 1.05 bits per heavy atom. The van der Waals surface area contributed by atoms with Gasteiger partial charge in [0.1, 0.15) is 31.3 Å². The first-order chi connectivity index (χ1) is 17.7. The highest BCUT2D eigenvalue weighted by Gasteiger charge is 2.29. The van der Waals surface area contributed by atoms with Gasteiger partial charge in [-0.1, -0.05) is 19.1 Å². The van der Waals surface area contributed by atoms with Crippen LogP contribution in [-0.4, -0.2) is 41.2 Å². The summed E-state index contributed by atoms with van der Waals surface area (Å²) in [5.41, 5.74) is 1.94. The molecule has 0 spiro atoms. The van der Waals surface area contributed by atoms with Crippen LogP contribution in [0.25, 0.3) is 0 Å². The number of amides is 1. The van der Waals surface area contributed by atoms with Gasteiger partial charge in [-0.15, -0.1) is 0 Å². The van der Waals surface area contributed by atoms with Crippen molar-refractivity contribution >= 4 is 21.6 Å². The van der Waals surface area contributed by atoms with Crippen molar-refractivity contribution in [1.82, 2.24) is 5.32 Å². The van der Waals surface area contributed by atoms with E-state index < -0.39 is 28.3 Å². The number of nitrogens with one attached hydrogen (secondary N) is 1. The van der Waals surface area contributed by atoms with Crippen LogP contribution in [-0.2, 0) is 14.8 Å². The highest BCUT2D eigenvalue weighted by Crippen LogP contribution is 2.34. The number of benzene rings is 3. The van der Waals surface area contributed by atoms with E-state index >= 15 is 0 Å². The number of rotatable bonds is 9. The van der Waals surface area contributed by atoms with Crippen LogP contribution in [0.2, 0.25) is 0 Å². The number of hydrogen-bond acceptors (Lipinski definition) is 6. The molecule has 0 bridgehead atoms. The van der Waals surface area contributed by atoms with Crippen molar-refractivity contribution in [2.24, 2.45) is 0 Å². The van der Waals surface area contributed by atoms with E-state index in [2.05, 4.69) is 5.32 Å². The van der Waals surface area contributed by atoms with Crippen molar-refractivity contribution in [1.29, 1.82) is 0 Å². The molecule has 1 N–H and O–H groups in total. The predicted molar refractivity (Wildman–Crippen MR) is 137 cm³/mol. The maximum Gasteiger partial charge on any atom is 0.264 e. The van der Waals surface area contributed by atoms with Crippen molar-refractivity contribution < 1.29 is 31.8 Å². The second-order valence-electron chi connectivity index (χ2n) is 8.55. The van der Waals surface area contributed by atoms with Gasteiger partial charge in [0.25, 0.3) is 10.0 Å². The highest BCUT2D eigenvalue weighted by molar-refractivity contribution is 7.92. The third-order valence-corrected chi connectivity index (χ3v) is 7.84. The summed E-state index contributed by atoms with van der Waals surface area (Å²) in [4.78, 5) is 13.1. The van der Waals surface area contributed by atoms with Gasteiger partial charge in [0.2, 0.25) is 5.91 Å². The van der Waals surface area contributed by atoms with E-state index in [4.69, 9.17) is 14.2 Å². The lowest BCUT2D eigenvalue weighted by Gasteiger charge is -2.26. The van der Waals surface area contributed by atoms with Gasteiger partial charge < -0.3 is 19.5 Å². The van der Waals surface area contributed by atoms with Crippen LogP contribution < -0.4 is 23.8 Å². The number of carbonyl (C=O) groups is 1. The number of fused-ring (bicyclic) bond motifs is 1. The van der Waals surface area contributed by atoms with E-state index in [1.807, 2.05) is 32.0 Å². The maximum atomic E-state index is 13.7. The Hall–Kier alpha value is -3.79. The standard InChI is InChI=1S/C27H29FN2O6S/c1-4-23(19-5-11-24(34-3)18(2)15-19)29-27(31)17-30(21-8-6-20(28)7-9-21)37(32,33)22-10-12-25-26(16-22)36-14-13-35-25/h5-12,15-16,23H,4,13-14,17H2,1-3H3,(H,29,31)/t23-/m0/s1. The summed E-state index contributed by atoms with van der Waals surface area (Å²) in [6, 6.07) is 14.5. The Kier molecular flexibility index (Phi) is 7.87. The van der Waals surface area contributed by atoms with E-state index in [-0.39, 0.29) is 16.6 Å². The largest absolute Gasteiger partial charge is 0.496 e. The van der Waals surface area contributed by atoms with Crippen LogP contribution in [0.1, 0.15) is 30.5 Å². The summed E-state index contributed by atoms with van der Waals surface area (Å²) in [5.74, 6) is 0.447. The molecule has 0 radical (unpaired) electrons. The zero-order valence-corrected chi connectivity index (χ0v) is 21.7. The summed E-state index contributed by atoms with van der Waals surface area (Å²) in [5, 5.41) is 2.93. The molecule has 0 fully saturated rings. The highest BCUT2D eigenvalue weighted by atomic mass is 32.2. The van der Waals surface area contributed by atoms with Crippen molar-refractivity contribution in [2.45, 2.75) is 31.2 Å². The van der Waals surface area contributed by atoms with Gasteiger partial charge in [-0.05, 0) is 66.9 Å². The number of methoxy groups -OCH3 is 1. The molecule has 1 aliphatic rings. The van der Waals surface area contributed by atoms with Crippen LogP contribution in [0, 0.1) is 12.7 Å². The number of ether oxygens (including phenoxy) is 3. The van der Waals surface area contributed by atoms with Gasteiger partial charge >= 0.3 is 0 Å². The van der Waals surface area contributed by atoms with Crippen molar-refractivity contribution in [2.75, 3.05) is 31.2 Å². The Labute approximate surface area is 216 Å². The normalized spacial score (nSPS) is 13.5. The van der Waals surface area contributed by atoms with Gasteiger partial charge in [0, 0.05) is 6.07 Å². The van der Waals surface area contributed by atoms with Gasteiger partial charge in [0.15, 0.2) is 11.5 Å². The minimum atomic E-state index is -4.22. The average molecular weight is 529 g/mol. The van der Waals surface area contributed by atoms with E-state index in [9.17, 15) is 17.6 Å². The van der Waals surface area contributed by atoms with Gasteiger partial charge in [-0.2, -0.15) is 0 Å². The number of anilines is 1. The minimum Gasteiger partial charge on any atom is -0.496 e. The molecule has 1 amide bonds. The third kappa shape index (κ3) is 5.80. The first-order valence-corrected chi connectivity index (χ1v) is 13.3. The molecule has 10 heteroatoms. The minimum absolute atomic E-state index is 0.0771. The predicted octanol–water partition coefficient (Wildman–Crippen LogP) is 4.38. The lowest BCUT2D eigenvalue weighted by molar-refractivity contribution is -0.120. The Bertz CT molecular complexity index is 1380. The van der Waals surface area contributed by atoms with Crippen molar-refractivity contribution in [3.05, 3.63) is 77.6 Å². The molecule has 1 atom stereocenters. The fourth-order valence-corrected chi connectivity index (χ4v) is 5.58. The van der Waals surface area contributed by atoms with Gasteiger partial charge in [-0.25, -0.2) is 12.8 Å². The molecule has 196 valence electrons. The van der Waals surface area contributed by atoms with Crippen LogP contribution in [0.5, 0.6) is 17.2 Å². The molecule has 0 aliphatic carbocycles. The maximum absolute atomic E-state index is 13.7. The number of nitrogens with zero attached hydrogens (tertiary/aromatic N) is 1. The lowest BCUT2D eigenvalue weighted by atomic mass is 10.0. The lowest BCUT2D eigenvalue weighted by Crippen LogP contribution is -2.42. The summed E-state index contributed by atoms with van der Waals surface area (Å²) < 4.78 is 58.4. The Balaban J connectivity index is 1.63. The van der Waals surface area contributed by atoms with Gasteiger partial charge in [0.05, 0.1) is 23.7 Å². The monoisotopic (exact) mass is 528 g/mol. The van der Waals surface area contributed by atoms with Crippen molar-refractivity contribution in [3.8, 4) is 17.2 Å². The van der Waals surface area contributed by atoms with E-state index in [0.29, 0.717) is 31.1 Å². The number of aryl methyl sites for hydroxylation is 1. The molecule has 0 aromatic heterocycles. The molecule has 0 saturated heterocycles. The first kappa shape index (κ1) is 26.3. The summed E-state index contributed by atoms with van der Waals surface area (Å²) in [7, 11) is -2.63. The fourth-order valence-electron chi connectivity index (χ4n) is 4.14. The second-order valence-corrected chi connectivity index (χ2v) is 10.4. The number of carbonyl (C=O) groups excluding carboxylic acids is 1. The van der Waals surface area contributed by atoms with Crippen LogP contribution in [0.4, 0.5) is 10.1 Å². The summed E-state index contributed by atoms with van der Waals surface area (Å²) in [6.07, 6.45) is 0.586. The molecule has 0 unspecified atom stereocenters. The topological polar surface area (TPSA) is 94.2 Å². The molecule has 37 heavy (non-hydrogen) atoms. The molecule has 3 aromatic rings. The molecular formula is C27H29FN2O6S. The zero-order valence-electron chi connectivity index (χ0n) is 20.9. The molecule has 3 aromatic carbocycles. The van der Waals surface area contributed by atoms with E-state index in [1.165, 1.54) is 30.3 Å². The average Bonchev–Trinajstić information content (AvgIpc) is 2.90. The SMILES string of the molecule is CC[C@H](NC(=O)CN(c1ccc(F)cc1)S(=O)(=O)c1ccc2c(c1)OCCO2)c1ccc(OC)c(C)c1. The third-order valence-electron chi connectivity index (χ3n) is 6.07. The quantitative estimate of drug-likeness (QED) is 0.443. The smallest absolute Gasteiger partial charge is 0.264 e. The second kappa shape index (κ2) is 11.1. The molecule has 1 heterocycles.